The first-order chi connectivity index (χ1) is 27.2. The van der Waals surface area contributed by atoms with Crippen molar-refractivity contribution < 1.29 is 48.1 Å². The van der Waals surface area contributed by atoms with E-state index in [1.165, 1.54) is 37.8 Å². The normalized spacial score (nSPS) is 29.8. The van der Waals surface area contributed by atoms with Gasteiger partial charge in [0.25, 0.3) is 0 Å². The standard InChI is InChI=1S/C42H66N6O10/c1-11-24(6)36-32(49)21-33(50)45-35(23(4)5)37(51)25(7)38(52)44-29(19-22(2)3)40(54)48-18-12-13-30(48)41(55)47(9)31(20-27-14-16-28(57-10)17-15-27)42(56)58-26(8)34(43)39(53)46-36/h14-17,22-26,29-32,34-36,49H,11-13,18-21,43H2,1-10H3,(H,44,52)(H,45,50)(H,46,53)/t24-,25-,26+,29-,30-,31-,32-,34-,35-,36+/m0/s1. The minimum absolute atomic E-state index is 0.0134. The number of methoxy groups -OCH3 is 1. The Labute approximate surface area is 342 Å². The largest absolute Gasteiger partial charge is 0.497 e. The van der Waals surface area contributed by atoms with Crippen LogP contribution in [0.1, 0.15) is 93.1 Å². The minimum atomic E-state index is -1.41. The van der Waals surface area contributed by atoms with Crippen molar-refractivity contribution in [2.24, 2.45) is 29.4 Å². The number of esters is 1. The fourth-order valence-corrected chi connectivity index (χ4v) is 7.42. The molecule has 2 fully saturated rings. The van der Waals surface area contributed by atoms with Gasteiger partial charge in [0, 0.05) is 20.0 Å². The van der Waals surface area contributed by atoms with E-state index in [-0.39, 0.29) is 31.2 Å². The topological polar surface area (TPSA) is 227 Å². The number of cyclic esters (lactones) is 1. The fraction of sp³-hybridized carbons (Fsp3) is 0.690. The maximum absolute atomic E-state index is 14.4. The van der Waals surface area contributed by atoms with E-state index in [1.807, 2.05) is 20.8 Å². The van der Waals surface area contributed by atoms with E-state index in [2.05, 4.69) is 16.0 Å². The Hall–Kier alpha value is -4.57. The second-order valence-corrected chi connectivity index (χ2v) is 16.7. The van der Waals surface area contributed by atoms with E-state index in [9.17, 15) is 38.7 Å². The molecule has 6 N–H and O–H groups in total. The van der Waals surface area contributed by atoms with Gasteiger partial charge in [-0.3, -0.25) is 28.8 Å². The molecule has 3 rings (SSSR count). The molecule has 1 aromatic carbocycles. The lowest BCUT2D eigenvalue weighted by molar-refractivity contribution is -0.161. The highest BCUT2D eigenvalue weighted by molar-refractivity contribution is 6.06. The van der Waals surface area contributed by atoms with Gasteiger partial charge >= 0.3 is 5.97 Å². The predicted molar refractivity (Wildman–Crippen MR) is 216 cm³/mol. The van der Waals surface area contributed by atoms with Gasteiger partial charge in [0.15, 0.2) is 5.78 Å². The van der Waals surface area contributed by atoms with Crippen LogP contribution in [-0.4, -0.2) is 125 Å². The summed E-state index contributed by atoms with van der Waals surface area (Å²) in [5.74, 6) is -6.10. The highest BCUT2D eigenvalue weighted by Crippen LogP contribution is 2.25. The molecular weight excluding hydrogens is 748 g/mol. The van der Waals surface area contributed by atoms with Gasteiger partial charge < -0.3 is 46.1 Å². The average molecular weight is 815 g/mol. The lowest BCUT2D eigenvalue weighted by Crippen LogP contribution is -2.58. The van der Waals surface area contributed by atoms with Crippen LogP contribution in [0.5, 0.6) is 5.75 Å². The molecule has 2 saturated heterocycles. The molecule has 0 radical (unpaired) electrons. The summed E-state index contributed by atoms with van der Waals surface area (Å²) in [6, 6.07) is 0.210. The molecule has 324 valence electrons. The van der Waals surface area contributed by atoms with Gasteiger partial charge in [-0.05, 0) is 68.6 Å². The van der Waals surface area contributed by atoms with Crippen molar-refractivity contribution in [2.45, 2.75) is 142 Å². The molecule has 0 saturated carbocycles. The first kappa shape index (κ1) is 47.8. The van der Waals surface area contributed by atoms with Crippen LogP contribution < -0.4 is 26.4 Å². The van der Waals surface area contributed by atoms with Crippen molar-refractivity contribution >= 4 is 41.3 Å². The number of Topliss-reactive ketones (excluding diaryl/α,β-unsaturated/α-hetero) is 1. The second-order valence-electron chi connectivity index (χ2n) is 16.7. The average Bonchev–Trinajstić information content (AvgIpc) is 3.68. The van der Waals surface area contributed by atoms with E-state index >= 15 is 0 Å². The van der Waals surface area contributed by atoms with Crippen LogP contribution in [0.3, 0.4) is 0 Å². The van der Waals surface area contributed by atoms with Gasteiger partial charge in [0.1, 0.15) is 36.0 Å². The lowest BCUT2D eigenvalue weighted by atomic mass is 9.89. The molecule has 2 aliphatic heterocycles. The van der Waals surface area contributed by atoms with Crippen molar-refractivity contribution in [3.63, 3.8) is 0 Å². The van der Waals surface area contributed by atoms with Crippen LogP contribution in [0.15, 0.2) is 24.3 Å². The van der Waals surface area contributed by atoms with Crippen molar-refractivity contribution in [3.8, 4) is 5.75 Å². The van der Waals surface area contributed by atoms with Gasteiger partial charge in [-0.2, -0.15) is 0 Å². The first-order valence-corrected chi connectivity index (χ1v) is 20.5. The van der Waals surface area contributed by atoms with Crippen LogP contribution in [0, 0.1) is 23.7 Å². The van der Waals surface area contributed by atoms with Crippen molar-refractivity contribution in [1.82, 2.24) is 25.8 Å². The number of nitrogens with two attached hydrogens (primary N) is 1. The third-order valence-corrected chi connectivity index (χ3v) is 11.4. The Kier molecular flexibility index (Phi) is 17.7. The Bertz CT molecular complexity index is 1620. The summed E-state index contributed by atoms with van der Waals surface area (Å²) in [4.78, 5) is 100.0. The number of amides is 5. The number of fused-ring (bicyclic) bond motifs is 1. The monoisotopic (exact) mass is 814 g/mol. The Morgan fingerprint density at radius 2 is 1.57 bits per heavy atom. The van der Waals surface area contributed by atoms with Crippen molar-refractivity contribution in [3.05, 3.63) is 29.8 Å². The summed E-state index contributed by atoms with van der Waals surface area (Å²) in [7, 11) is 2.98. The number of benzene rings is 1. The molecule has 1 aromatic rings. The number of aliphatic hydroxyl groups is 1. The molecule has 2 heterocycles. The molecule has 0 bridgehead atoms. The van der Waals surface area contributed by atoms with Crippen molar-refractivity contribution in [2.75, 3.05) is 20.7 Å². The lowest BCUT2D eigenvalue weighted by Gasteiger charge is -2.35. The fourth-order valence-electron chi connectivity index (χ4n) is 7.42. The molecule has 10 atom stereocenters. The molecule has 16 heteroatoms. The Balaban J connectivity index is 2.11. The maximum Gasteiger partial charge on any atom is 0.329 e. The van der Waals surface area contributed by atoms with Crippen molar-refractivity contribution in [1.29, 1.82) is 0 Å². The summed E-state index contributed by atoms with van der Waals surface area (Å²) in [5, 5.41) is 19.5. The number of ether oxygens (including phenoxy) is 2. The van der Waals surface area contributed by atoms with E-state index in [0.29, 0.717) is 30.6 Å². The predicted octanol–water partition coefficient (Wildman–Crippen LogP) is 1.49. The number of carbonyl (C=O) groups is 7. The molecule has 2 aliphatic rings. The van der Waals surface area contributed by atoms with Gasteiger partial charge in [-0.25, -0.2) is 4.79 Å². The molecule has 0 aromatic heterocycles. The minimum Gasteiger partial charge on any atom is -0.497 e. The number of likely N-dealkylation sites (N-methyl/N-ethyl adjacent to an activating group) is 1. The molecule has 5 amide bonds. The summed E-state index contributed by atoms with van der Waals surface area (Å²) >= 11 is 0. The molecule has 0 unspecified atom stereocenters. The van der Waals surface area contributed by atoms with Crippen LogP contribution >= 0.6 is 0 Å². The molecule has 16 nitrogen and oxygen atoms in total. The summed E-state index contributed by atoms with van der Waals surface area (Å²) in [6.45, 7) is 13.9. The van der Waals surface area contributed by atoms with Crippen LogP contribution in [0.25, 0.3) is 0 Å². The highest BCUT2D eigenvalue weighted by Gasteiger charge is 2.43. The number of nitrogens with one attached hydrogen (secondary N) is 3. The number of hydrogen-bond acceptors (Lipinski definition) is 11. The van der Waals surface area contributed by atoms with Gasteiger partial charge in [-0.1, -0.05) is 60.1 Å². The Morgan fingerprint density at radius 3 is 2.14 bits per heavy atom. The Morgan fingerprint density at radius 1 is 0.931 bits per heavy atom. The zero-order valence-electron chi connectivity index (χ0n) is 35.8. The van der Waals surface area contributed by atoms with E-state index in [0.717, 1.165) is 0 Å². The van der Waals surface area contributed by atoms with Gasteiger partial charge in [0.05, 0.1) is 37.6 Å². The summed E-state index contributed by atoms with van der Waals surface area (Å²) in [5.41, 5.74) is 7.03. The van der Waals surface area contributed by atoms with E-state index in [4.69, 9.17) is 15.2 Å². The van der Waals surface area contributed by atoms with Crippen LogP contribution in [-0.2, 0) is 44.7 Å². The third kappa shape index (κ3) is 12.2. The van der Waals surface area contributed by atoms with E-state index in [1.54, 1.807) is 45.0 Å². The zero-order valence-corrected chi connectivity index (χ0v) is 35.8. The number of aliphatic hydroxyl groups excluding tert-OH is 1. The zero-order chi connectivity index (χ0) is 43.6. The van der Waals surface area contributed by atoms with E-state index < -0.39 is 108 Å². The number of hydrogen-bond donors (Lipinski definition) is 5. The molecule has 0 spiro atoms. The number of nitrogens with zero attached hydrogens (tertiary/aromatic N) is 2. The van der Waals surface area contributed by atoms with Gasteiger partial charge in [0.2, 0.25) is 29.5 Å². The van der Waals surface area contributed by atoms with Crippen LogP contribution in [0.2, 0.25) is 0 Å². The summed E-state index contributed by atoms with van der Waals surface area (Å²) < 4.78 is 11.1. The van der Waals surface area contributed by atoms with Crippen LogP contribution in [0.4, 0.5) is 0 Å². The molecular formula is C42H66N6O10. The number of rotatable bonds is 8. The first-order valence-electron chi connectivity index (χ1n) is 20.5. The third-order valence-electron chi connectivity index (χ3n) is 11.4. The second kappa shape index (κ2) is 21.4. The highest BCUT2D eigenvalue weighted by atomic mass is 16.5. The van der Waals surface area contributed by atoms with Gasteiger partial charge in [-0.15, -0.1) is 0 Å². The summed E-state index contributed by atoms with van der Waals surface area (Å²) in [6.07, 6.45) is -1.55. The molecule has 0 aliphatic carbocycles. The maximum atomic E-state index is 14.4. The SMILES string of the molecule is CC[C@H](C)[C@H]1NC(=O)[C@@H](N)[C@@H](C)OC(=O)[C@H](Cc2ccc(OC)cc2)N(C)C(=O)[C@@H]2CCCN2C(=O)[C@H](CC(C)C)NC(=O)[C@@H](C)C(=O)[C@H](C(C)C)NC(=O)C[C@@H]1O. The smallest absolute Gasteiger partial charge is 0.329 e. The quantitative estimate of drug-likeness (QED) is 0.187. The number of carbonyl (C=O) groups excluding carboxylic acids is 7. The number of ketones is 1. The molecule has 58 heavy (non-hydrogen) atoms.